The number of rotatable bonds is 7. The Morgan fingerprint density at radius 3 is 2.74 bits per heavy atom. The molecular formula is C25H21ClN6O2. The number of benzene rings is 2. The second kappa shape index (κ2) is 9.46. The molecular weight excluding hydrogens is 452 g/mol. The predicted octanol–water partition coefficient (Wildman–Crippen LogP) is 5.04. The molecule has 1 amide bonds. The summed E-state index contributed by atoms with van der Waals surface area (Å²) < 4.78 is 7.37. The molecule has 0 atom stereocenters. The van der Waals surface area contributed by atoms with E-state index >= 15 is 0 Å². The summed E-state index contributed by atoms with van der Waals surface area (Å²) in [5, 5.41) is 3.47. The summed E-state index contributed by atoms with van der Waals surface area (Å²) >= 11 is 6.01. The highest BCUT2D eigenvalue weighted by Gasteiger charge is 2.17. The number of halogens is 1. The largest absolute Gasteiger partial charge is 0.383 e. The van der Waals surface area contributed by atoms with E-state index in [0.717, 1.165) is 16.8 Å². The van der Waals surface area contributed by atoms with E-state index in [1.807, 2.05) is 36.4 Å². The highest BCUT2D eigenvalue weighted by atomic mass is 35.5. The number of carbonyl (C=O) groups is 1. The minimum absolute atomic E-state index is 0.250. The van der Waals surface area contributed by atoms with Gasteiger partial charge in [-0.05, 0) is 54.6 Å². The molecule has 170 valence electrons. The normalized spacial score (nSPS) is 11.1. The molecule has 0 radical (unpaired) electrons. The topological polar surface area (TPSA) is 97.7 Å². The van der Waals surface area contributed by atoms with Crippen LogP contribution in [0.5, 0.6) is 0 Å². The number of aromatic amines is 1. The van der Waals surface area contributed by atoms with Gasteiger partial charge in [0.1, 0.15) is 17.3 Å². The quantitative estimate of drug-likeness (QED) is 0.346. The maximum absolute atomic E-state index is 12.7. The number of fused-ring (bicyclic) bond motifs is 1. The van der Waals surface area contributed by atoms with Crippen LogP contribution in [0.15, 0.2) is 73.1 Å². The second-order valence-corrected chi connectivity index (χ2v) is 8.04. The molecule has 5 rings (SSSR count). The second-order valence-electron chi connectivity index (χ2n) is 7.60. The Hall–Kier alpha value is -4.01. The number of pyridine rings is 1. The average molecular weight is 473 g/mol. The molecule has 3 aromatic heterocycles. The predicted molar refractivity (Wildman–Crippen MR) is 132 cm³/mol. The van der Waals surface area contributed by atoms with Crippen molar-refractivity contribution in [3.05, 3.63) is 83.6 Å². The van der Waals surface area contributed by atoms with E-state index in [0.29, 0.717) is 46.7 Å². The number of carbonyl (C=O) groups excluding carboxylic acids is 1. The number of nitrogens with one attached hydrogen (secondary N) is 2. The Kier molecular flexibility index (Phi) is 6.07. The van der Waals surface area contributed by atoms with Crippen molar-refractivity contribution in [1.82, 2.24) is 24.5 Å². The number of H-pyrrole nitrogens is 1. The molecule has 0 aliphatic carbocycles. The van der Waals surface area contributed by atoms with E-state index < -0.39 is 0 Å². The molecule has 0 saturated heterocycles. The Morgan fingerprint density at radius 1 is 1.12 bits per heavy atom. The molecule has 0 aliphatic heterocycles. The lowest BCUT2D eigenvalue weighted by molar-refractivity contribution is 0.102. The van der Waals surface area contributed by atoms with Gasteiger partial charge in [-0.15, -0.1) is 0 Å². The van der Waals surface area contributed by atoms with Crippen LogP contribution in [0.3, 0.4) is 0 Å². The molecule has 0 aliphatic rings. The van der Waals surface area contributed by atoms with Crippen LogP contribution < -0.4 is 5.32 Å². The number of anilines is 1. The smallest absolute Gasteiger partial charge is 0.256 e. The van der Waals surface area contributed by atoms with Crippen molar-refractivity contribution in [1.29, 1.82) is 0 Å². The summed E-state index contributed by atoms with van der Waals surface area (Å²) in [6, 6.07) is 18.3. The van der Waals surface area contributed by atoms with Crippen LogP contribution >= 0.6 is 11.6 Å². The van der Waals surface area contributed by atoms with E-state index in [1.54, 1.807) is 43.8 Å². The van der Waals surface area contributed by atoms with Gasteiger partial charge in [0, 0.05) is 36.0 Å². The fourth-order valence-corrected chi connectivity index (χ4v) is 3.83. The zero-order chi connectivity index (χ0) is 23.5. The Labute approximate surface area is 200 Å². The number of hydrogen-bond donors (Lipinski definition) is 2. The van der Waals surface area contributed by atoms with Crippen molar-refractivity contribution in [2.45, 2.75) is 6.54 Å². The molecule has 5 aromatic rings. The van der Waals surface area contributed by atoms with Gasteiger partial charge in [-0.3, -0.25) is 4.79 Å². The zero-order valence-electron chi connectivity index (χ0n) is 18.3. The lowest BCUT2D eigenvalue weighted by atomic mass is 10.2. The van der Waals surface area contributed by atoms with Gasteiger partial charge >= 0.3 is 0 Å². The third-order valence-electron chi connectivity index (χ3n) is 5.37. The lowest BCUT2D eigenvalue weighted by Gasteiger charge is -2.08. The summed E-state index contributed by atoms with van der Waals surface area (Å²) in [6.45, 7) is 1.11. The Morgan fingerprint density at radius 2 is 1.97 bits per heavy atom. The summed E-state index contributed by atoms with van der Waals surface area (Å²) in [6.07, 6.45) is 3.38. The van der Waals surface area contributed by atoms with Crippen molar-refractivity contribution in [2.24, 2.45) is 0 Å². The lowest BCUT2D eigenvalue weighted by Crippen LogP contribution is -2.12. The maximum atomic E-state index is 12.7. The third kappa shape index (κ3) is 4.41. The van der Waals surface area contributed by atoms with E-state index in [-0.39, 0.29) is 5.91 Å². The first-order chi connectivity index (χ1) is 16.6. The van der Waals surface area contributed by atoms with Crippen LogP contribution in [0, 0.1) is 0 Å². The number of hydrogen-bond acceptors (Lipinski definition) is 5. The minimum atomic E-state index is -0.250. The van der Waals surface area contributed by atoms with E-state index in [9.17, 15) is 4.79 Å². The number of amides is 1. The van der Waals surface area contributed by atoms with Crippen LogP contribution in [-0.2, 0) is 11.3 Å². The highest BCUT2D eigenvalue weighted by molar-refractivity contribution is 6.30. The highest BCUT2D eigenvalue weighted by Crippen LogP contribution is 2.27. The van der Waals surface area contributed by atoms with Gasteiger partial charge in [-0.1, -0.05) is 17.7 Å². The first-order valence-corrected chi connectivity index (χ1v) is 11.0. The molecule has 0 unspecified atom stereocenters. The van der Waals surface area contributed by atoms with Crippen LogP contribution in [0.25, 0.3) is 33.9 Å². The monoisotopic (exact) mass is 472 g/mol. The van der Waals surface area contributed by atoms with Crippen molar-refractivity contribution in [2.75, 3.05) is 19.0 Å². The van der Waals surface area contributed by atoms with Crippen molar-refractivity contribution in [3.63, 3.8) is 0 Å². The van der Waals surface area contributed by atoms with Crippen LogP contribution in [0.1, 0.15) is 10.4 Å². The molecule has 0 spiro atoms. The summed E-state index contributed by atoms with van der Waals surface area (Å²) in [4.78, 5) is 29.6. The standard InChI is InChI=1S/C25H21ClN6O2/c1-34-13-12-32-21-10-7-17(25(33)31-22-4-2-3-11-27-22)14-19(21)30-24(32)20-15-28-23(29-20)16-5-8-18(26)9-6-16/h2-11,14-15H,12-13H2,1H3,(H,28,29)(H,27,31,33). The molecule has 2 N–H and O–H groups in total. The summed E-state index contributed by atoms with van der Waals surface area (Å²) in [7, 11) is 1.66. The number of methoxy groups -OCH3 is 1. The van der Waals surface area contributed by atoms with Gasteiger partial charge in [-0.25, -0.2) is 15.0 Å². The summed E-state index contributed by atoms with van der Waals surface area (Å²) in [5.74, 6) is 1.67. The fraction of sp³-hybridized carbons (Fsp3) is 0.120. The van der Waals surface area contributed by atoms with Crippen LogP contribution in [0.4, 0.5) is 5.82 Å². The van der Waals surface area contributed by atoms with Crippen LogP contribution in [0.2, 0.25) is 5.02 Å². The van der Waals surface area contributed by atoms with Crippen LogP contribution in [-0.4, -0.2) is 44.1 Å². The molecule has 9 heteroatoms. The Bertz CT molecular complexity index is 1440. The van der Waals surface area contributed by atoms with Crippen molar-refractivity contribution in [3.8, 4) is 22.9 Å². The molecule has 3 heterocycles. The van der Waals surface area contributed by atoms with E-state index in [1.165, 1.54) is 0 Å². The number of aromatic nitrogens is 5. The maximum Gasteiger partial charge on any atom is 0.256 e. The SMILES string of the molecule is COCCn1c(-c2cnc(-c3ccc(Cl)cc3)[nH]2)nc2cc(C(=O)Nc3ccccn3)ccc21. The third-order valence-corrected chi connectivity index (χ3v) is 5.62. The first kappa shape index (κ1) is 21.8. The van der Waals surface area contributed by atoms with Crippen molar-refractivity contribution < 1.29 is 9.53 Å². The fourth-order valence-electron chi connectivity index (χ4n) is 3.70. The molecule has 0 saturated carbocycles. The average Bonchev–Trinajstić information content (AvgIpc) is 3.48. The Balaban J connectivity index is 1.51. The van der Waals surface area contributed by atoms with E-state index in [4.69, 9.17) is 21.3 Å². The first-order valence-electron chi connectivity index (χ1n) is 10.7. The zero-order valence-corrected chi connectivity index (χ0v) is 19.1. The van der Waals surface area contributed by atoms with Gasteiger partial charge in [0.05, 0.1) is 23.8 Å². The van der Waals surface area contributed by atoms with Gasteiger partial charge in [-0.2, -0.15) is 0 Å². The summed E-state index contributed by atoms with van der Waals surface area (Å²) in [5.41, 5.74) is 3.76. The molecule has 0 bridgehead atoms. The van der Waals surface area contributed by atoms with Gasteiger partial charge < -0.3 is 19.6 Å². The minimum Gasteiger partial charge on any atom is -0.383 e. The van der Waals surface area contributed by atoms with Crippen molar-refractivity contribution >= 4 is 34.4 Å². The number of nitrogens with zero attached hydrogens (tertiary/aromatic N) is 4. The van der Waals surface area contributed by atoms with Gasteiger partial charge in [0.2, 0.25) is 0 Å². The number of ether oxygens (including phenoxy) is 1. The molecule has 0 fully saturated rings. The molecule has 34 heavy (non-hydrogen) atoms. The molecule has 8 nitrogen and oxygen atoms in total. The molecule has 2 aromatic carbocycles. The number of imidazole rings is 2. The van der Waals surface area contributed by atoms with E-state index in [2.05, 4.69) is 24.8 Å². The van der Waals surface area contributed by atoms with Gasteiger partial charge in [0.25, 0.3) is 5.91 Å². The van der Waals surface area contributed by atoms with Gasteiger partial charge in [0.15, 0.2) is 5.82 Å².